The first-order chi connectivity index (χ1) is 14.5. The molecule has 3 N–H and O–H groups in total. The zero-order valence-electron chi connectivity index (χ0n) is 17.1. The Morgan fingerprint density at radius 1 is 0.967 bits per heavy atom. The minimum Gasteiger partial charge on any atom is -0.507 e. The maximum atomic E-state index is 13.1. The maximum Gasteiger partial charge on any atom is 0.259 e. The van der Waals surface area contributed by atoms with Gasteiger partial charge in [0.15, 0.2) is 0 Å². The summed E-state index contributed by atoms with van der Waals surface area (Å²) < 4.78 is 5.87. The van der Waals surface area contributed by atoms with Crippen LogP contribution < -0.4 is 10.2 Å². The van der Waals surface area contributed by atoms with Crippen molar-refractivity contribution >= 4 is 22.6 Å². The van der Waals surface area contributed by atoms with Crippen molar-refractivity contribution in [3.8, 4) is 5.75 Å². The number of furan rings is 1. The van der Waals surface area contributed by atoms with Crippen molar-refractivity contribution in [2.45, 2.75) is 20.0 Å². The molecule has 5 heteroatoms. The zero-order chi connectivity index (χ0) is 21.1. The number of carbonyl (C=O) groups excluding carboxylic acids is 1. The average molecular weight is 401 g/mol. The second-order valence-electron chi connectivity index (χ2n) is 7.59. The first-order valence-electron chi connectivity index (χ1n) is 9.98. The van der Waals surface area contributed by atoms with Gasteiger partial charge >= 0.3 is 0 Å². The van der Waals surface area contributed by atoms with E-state index in [1.807, 2.05) is 48.5 Å². The van der Waals surface area contributed by atoms with Gasteiger partial charge in [-0.25, -0.2) is 0 Å². The quantitative estimate of drug-likeness (QED) is 0.459. The van der Waals surface area contributed by atoms with Gasteiger partial charge in [-0.05, 0) is 31.2 Å². The maximum absolute atomic E-state index is 13.1. The van der Waals surface area contributed by atoms with Crippen LogP contribution in [0.25, 0.3) is 11.0 Å². The van der Waals surface area contributed by atoms with Gasteiger partial charge in [-0.1, -0.05) is 48.5 Å². The Balaban J connectivity index is 1.69. The van der Waals surface area contributed by atoms with Gasteiger partial charge in [-0.15, -0.1) is 0 Å². The van der Waals surface area contributed by atoms with Crippen molar-refractivity contribution in [1.29, 1.82) is 0 Å². The largest absolute Gasteiger partial charge is 0.507 e. The minimum atomic E-state index is -0.245. The number of fused-ring (bicyclic) bond motifs is 1. The fourth-order valence-corrected chi connectivity index (χ4v) is 3.84. The van der Waals surface area contributed by atoms with E-state index in [2.05, 4.69) is 24.5 Å². The number of benzene rings is 3. The number of aryl methyl sites for hydroxylation is 1. The Bertz CT molecular complexity index is 1170. The Kier molecular flexibility index (Phi) is 5.55. The van der Waals surface area contributed by atoms with Crippen molar-refractivity contribution in [3.63, 3.8) is 0 Å². The molecule has 1 amide bonds. The molecule has 1 unspecified atom stereocenters. The van der Waals surface area contributed by atoms with Gasteiger partial charge in [-0.3, -0.25) is 4.79 Å². The highest BCUT2D eigenvalue weighted by Crippen LogP contribution is 2.34. The van der Waals surface area contributed by atoms with Gasteiger partial charge in [-0.2, -0.15) is 0 Å². The molecule has 0 aliphatic rings. The monoisotopic (exact) mass is 401 g/mol. The Morgan fingerprint density at radius 2 is 1.63 bits per heavy atom. The number of aromatic hydroxyl groups is 1. The van der Waals surface area contributed by atoms with Gasteiger partial charge in [0.05, 0.1) is 18.2 Å². The number of anilines is 1. The van der Waals surface area contributed by atoms with Crippen LogP contribution in [-0.2, 0) is 13.1 Å². The number of amides is 1. The van der Waals surface area contributed by atoms with E-state index < -0.39 is 0 Å². The molecule has 0 saturated carbocycles. The first-order valence-corrected chi connectivity index (χ1v) is 9.98. The molecule has 4 aromatic rings. The summed E-state index contributed by atoms with van der Waals surface area (Å²) in [6.07, 6.45) is 0. The third-order valence-electron chi connectivity index (χ3n) is 5.20. The van der Waals surface area contributed by atoms with Gasteiger partial charge in [0.2, 0.25) is 0 Å². The topological polar surface area (TPSA) is 66.9 Å². The third kappa shape index (κ3) is 4.07. The van der Waals surface area contributed by atoms with E-state index in [-0.39, 0.29) is 11.7 Å². The lowest BCUT2D eigenvalue weighted by molar-refractivity contribution is -0.907. The van der Waals surface area contributed by atoms with E-state index in [1.165, 1.54) is 10.5 Å². The van der Waals surface area contributed by atoms with Crippen LogP contribution in [0.4, 0.5) is 5.69 Å². The van der Waals surface area contributed by atoms with E-state index in [1.54, 1.807) is 19.1 Å². The molecule has 0 spiro atoms. The van der Waals surface area contributed by atoms with Gasteiger partial charge in [0.25, 0.3) is 5.91 Å². The van der Waals surface area contributed by atoms with E-state index in [9.17, 15) is 9.90 Å². The minimum absolute atomic E-state index is 0.171. The van der Waals surface area contributed by atoms with Crippen LogP contribution in [0.15, 0.2) is 77.2 Å². The molecular weight excluding hydrogens is 376 g/mol. The van der Waals surface area contributed by atoms with Crippen molar-refractivity contribution in [2.24, 2.45) is 0 Å². The van der Waals surface area contributed by atoms with Gasteiger partial charge in [0.1, 0.15) is 30.2 Å². The standard InChI is InChI=1S/C25H24N2O3/c1-17-23(25(29)26-19-11-7-4-8-12-19)24-20(21(28)13-14-22(24)30-17)16-27(2)15-18-9-5-3-6-10-18/h3-14,28H,15-16H2,1-2H3,(H,26,29)/p+1. The Labute approximate surface area is 175 Å². The molecule has 0 aliphatic heterocycles. The number of hydrogen-bond acceptors (Lipinski definition) is 3. The molecule has 0 aliphatic carbocycles. The number of hydrogen-bond donors (Lipinski definition) is 3. The van der Waals surface area contributed by atoms with E-state index >= 15 is 0 Å². The molecule has 0 bridgehead atoms. The van der Waals surface area contributed by atoms with Crippen LogP contribution >= 0.6 is 0 Å². The highest BCUT2D eigenvalue weighted by atomic mass is 16.3. The number of rotatable bonds is 6. The molecule has 3 aromatic carbocycles. The van der Waals surface area contributed by atoms with Crippen LogP contribution in [-0.4, -0.2) is 18.1 Å². The number of phenols is 1. The van der Waals surface area contributed by atoms with Gasteiger partial charge < -0.3 is 19.7 Å². The van der Waals surface area contributed by atoms with Crippen LogP contribution in [0.2, 0.25) is 0 Å². The highest BCUT2D eigenvalue weighted by molar-refractivity contribution is 6.14. The summed E-state index contributed by atoms with van der Waals surface area (Å²) in [4.78, 5) is 14.3. The molecule has 152 valence electrons. The van der Waals surface area contributed by atoms with Crippen LogP contribution in [0.5, 0.6) is 5.75 Å². The number of para-hydroxylation sites is 1. The Morgan fingerprint density at radius 3 is 2.33 bits per heavy atom. The van der Waals surface area contributed by atoms with Crippen molar-refractivity contribution in [2.75, 3.05) is 12.4 Å². The molecule has 5 nitrogen and oxygen atoms in total. The molecule has 1 atom stereocenters. The highest BCUT2D eigenvalue weighted by Gasteiger charge is 2.24. The van der Waals surface area contributed by atoms with Crippen LogP contribution in [0, 0.1) is 6.92 Å². The molecule has 0 saturated heterocycles. The lowest BCUT2D eigenvalue weighted by atomic mass is 10.0. The molecule has 1 heterocycles. The predicted molar refractivity (Wildman–Crippen MR) is 118 cm³/mol. The number of quaternary nitrogens is 1. The number of carbonyl (C=O) groups is 1. The Hall–Kier alpha value is -3.57. The summed E-state index contributed by atoms with van der Waals surface area (Å²) >= 11 is 0. The lowest BCUT2D eigenvalue weighted by Gasteiger charge is -2.16. The second-order valence-corrected chi connectivity index (χ2v) is 7.59. The summed E-state index contributed by atoms with van der Waals surface area (Å²) in [5, 5.41) is 14.2. The van der Waals surface area contributed by atoms with Crippen LogP contribution in [0.1, 0.15) is 27.2 Å². The summed E-state index contributed by atoms with van der Waals surface area (Å²) in [6.45, 7) is 3.14. The molecule has 1 aromatic heterocycles. The zero-order valence-corrected chi connectivity index (χ0v) is 17.1. The normalized spacial score (nSPS) is 12.1. The van der Waals surface area contributed by atoms with Crippen molar-refractivity contribution in [3.05, 3.63) is 95.2 Å². The SMILES string of the molecule is Cc1oc2ccc(O)c(C[NH+](C)Cc3ccccc3)c2c1C(=O)Nc1ccccc1. The van der Waals surface area contributed by atoms with E-state index in [0.29, 0.717) is 34.5 Å². The first kappa shape index (κ1) is 19.7. The summed E-state index contributed by atoms with van der Waals surface area (Å²) in [5.74, 6) is 0.459. The molecule has 0 radical (unpaired) electrons. The lowest BCUT2D eigenvalue weighted by Crippen LogP contribution is -3.06. The number of nitrogens with one attached hydrogen (secondary N) is 2. The van der Waals surface area contributed by atoms with Crippen molar-refractivity contribution < 1.29 is 19.2 Å². The molecular formula is C25H25N2O3+. The molecule has 30 heavy (non-hydrogen) atoms. The third-order valence-corrected chi connectivity index (χ3v) is 5.20. The van der Waals surface area contributed by atoms with Crippen LogP contribution in [0.3, 0.4) is 0 Å². The van der Waals surface area contributed by atoms with E-state index in [0.717, 1.165) is 12.1 Å². The summed E-state index contributed by atoms with van der Waals surface area (Å²) in [5.41, 5.74) is 3.71. The fraction of sp³-hybridized carbons (Fsp3) is 0.160. The fourth-order valence-electron chi connectivity index (χ4n) is 3.84. The summed E-state index contributed by atoms with van der Waals surface area (Å²) in [7, 11) is 2.07. The predicted octanol–water partition coefficient (Wildman–Crippen LogP) is 3.91. The molecule has 0 fully saturated rings. The van der Waals surface area contributed by atoms with Gasteiger partial charge in [0, 0.05) is 16.6 Å². The van der Waals surface area contributed by atoms with E-state index in [4.69, 9.17) is 4.42 Å². The second kappa shape index (κ2) is 8.43. The number of phenolic OH excluding ortho intramolecular Hbond substituents is 1. The summed E-state index contributed by atoms with van der Waals surface area (Å²) in [6, 6.07) is 22.9. The smallest absolute Gasteiger partial charge is 0.259 e. The molecule has 4 rings (SSSR count). The average Bonchev–Trinajstić information content (AvgIpc) is 3.08. The van der Waals surface area contributed by atoms with Crippen molar-refractivity contribution in [1.82, 2.24) is 0 Å².